The SMILES string of the molecule is Brc1ccc(-c2ccc(N(c3ccccc3)c3ccc(-c4ccc(-c5ccc6c(c5)c5ccccc5n6-c5ccccc5)cc4)cc3)cc2)cc1. The summed E-state index contributed by atoms with van der Waals surface area (Å²) in [6.07, 6.45) is 0. The monoisotopic (exact) mass is 716 g/mol. The molecule has 0 aliphatic rings. The fourth-order valence-electron chi connectivity index (χ4n) is 7.14. The number of hydrogen-bond donors (Lipinski definition) is 0. The molecule has 9 rings (SSSR count). The molecule has 2 nitrogen and oxygen atoms in total. The predicted molar refractivity (Wildman–Crippen MR) is 219 cm³/mol. The van der Waals surface area contributed by atoms with Gasteiger partial charge >= 0.3 is 0 Å². The maximum atomic E-state index is 3.55. The average Bonchev–Trinajstić information content (AvgIpc) is 3.53. The lowest BCUT2D eigenvalue weighted by atomic mass is 9.98. The first kappa shape index (κ1) is 30.9. The molecular weight excluding hydrogens is 684 g/mol. The first-order chi connectivity index (χ1) is 25.2. The summed E-state index contributed by atoms with van der Waals surface area (Å²) in [7, 11) is 0. The first-order valence-corrected chi connectivity index (χ1v) is 18.0. The van der Waals surface area contributed by atoms with Gasteiger partial charge in [0, 0.05) is 38.0 Å². The minimum absolute atomic E-state index is 1.08. The molecule has 1 heterocycles. The summed E-state index contributed by atoms with van der Waals surface area (Å²) < 4.78 is 3.44. The zero-order valence-corrected chi connectivity index (χ0v) is 29.4. The summed E-state index contributed by atoms with van der Waals surface area (Å²) in [4.78, 5) is 2.31. The second-order valence-electron chi connectivity index (χ2n) is 12.8. The Hall–Kier alpha value is -6.16. The number of halogens is 1. The third-order valence-corrected chi connectivity index (χ3v) is 10.2. The zero-order valence-electron chi connectivity index (χ0n) is 27.8. The van der Waals surface area contributed by atoms with E-state index in [0.29, 0.717) is 0 Å². The quantitative estimate of drug-likeness (QED) is 0.159. The summed E-state index contributed by atoms with van der Waals surface area (Å²) in [6, 6.07) is 71.8. The molecule has 1 aromatic heterocycles. The number of anilines is 3. The van der Waals surface area contributed by atoms with E-state index in [2.05, 4.69) is 226 Å². The van der Waals surface area contributed by atoms with Crippen molar-refractivity contribution < 1.29 is 0 Å². The third-order valence-electron chi connectivity index (χ3n) is 9.68. The highest BCUT2D eigenvalue weighted by Crippen LogP contribution is 2.38. The Morgan fingerprint density at radius 2 is 0.745 bits per heavy atom. The molecule has 0 atom stereocenters. The number of fused-ring (bicyclic) bond motifs is 3. The minimum Gasteiger partial charge on any atom is -0.311 e. The van der Waals surface area contributed by atoms with Crippen LogP contribution in [0.1, 0.15) is 0 Å². The summed E-state index contributed by atoms with van der Waals surface area (Å²) in [5, 5.41) is 2.53. The minimum atomic E-state index is 1.08. The molecule has 0 saturated carbocycles. The van der Waals surface area contributed by atoms with Crippen LogP contribution >= 0.6 is 15.9 Å². The largest absolute Gasteiger partial charge is 0.311 e. The highest BCUT2D eigenvalue weighted by molar-refractivity contribution is 9.10. The molecule has 242 valence electrons. The standard InChI is InChI=1S/C48H33BrN2/c49-40-26-19-35(20-27-40)37-23-30-44(31-24-37)50(41-9-3-1-4-10-41)43-28-21-36(22-29-43)34-15-17-38(18-16-34)39-25-32-48-46(33-39)45-13-7-8-14-47(45)51(48)42-11-5-2-6-12-42/h1-33H. The summed E-state index contributed by atoms with van der Waals surface area (Å²) in [5.74, 6) is 0. The van der Waals surface area contributed by atoms with Crippen molar-refractivity contribution in [1.29, 1.82) is 0 Å². The number of hydrogen-bond acceptors (Lipinski definition) is 1. The van der Waals surface area contributed by atoms with Crippen molar-refractivity contribution in [2.24, 2.45) is 0 Å². The van der Waals surface area contributed by atoms with Gasteiger partial charge in [-0.2, -0.15) is 0 Å². The molecule has 51 heavy (non-hydrogen) atoms. The normalized spacial score (nSPS) is 11.2. The summed E-state index contributed by atoms with van der Waals surface area (Å²) in [6.45, 7) is 0. The van der Waals surface area contributed by atoms with Crippen LogP contribution in [0.2, 0.25) is 0 Å². The maximum Gasteiger partial charge on any atom is 0.0541 e. The number of nitrogens with zero attached hydrogens (tertiary/aromatic N) is 2. The Kier molecular flexibility index (Phi) is 8.04. The van der Waals surface area contributed by atoms with Gasteiger partial charge in [0.05, 0.1) is 11.0 Å². The van der Waals surface area contributed by atoms with Crippen molar-refractivity contribution in [3.05, 3.63) is 205 Å². The van der Waals surface area contributed by atoms with Crippen LogP contribution in [0.3, 0.4) is 0 Å². The maximum absolute atomic E-state index is 3.55. The second kappa shape index (κ2) is 13.3. The van der Waals surface area contributed by atoms with Crippen LogP contribution in [0.15, 0.2) is 205 Å². The Morgan fingerprint density at radius 1 is 0.333 bits per heavy atom. The van der Waals surface area contributed by atoms with Crippen molar-refractivity contribution in [3.8, 4) is 39.1 Å². The van der Waals surface area contributed by atoms with Crippen LogP contribution in [0.25, 0.3) is 60.9 Å². The zero-order chi connectivity index (χ0) is 34.1. The van der Waals surface area contributed by atoms with Crippen LogP contribution in [-0.4, -0.2) is 4.57 Å². The molecule has 0 saturated heterocycles. The van der Waals surface area contributed by atoms with Gasteiger partial charge in [0.15, 0.2) is 0 Å². The van der Waals surface area contributed by atoms with Gasteiger partial charge in [-0.3, -0.25) is 0 Å². The van der Waals surface area contributed by atoms with E-state index in [9.17, 15) is 0 Å². The Morgan fingerprint density at radius 3 is 1.33 bits per heavy atom. The van der Waals surface area contributed by atoms with Crippen LogP contribution in [-0.2, 0) is 0 Å². The number of aromatic nitrogens is 1. The molecule has 0 unspecified atom stereocenters. The molecular formula is C48H33BrN2. The van der Waals surface area contributed by atoms with Gasteiger partial charge in [0.1, 0.15) is 0 Å². The van der Waals surface area contributed by atoms with Gasteiger partial charge in [0.25, 0.3) is 0 Å². The highest BCUT2D eigenvalue weighted by Gasteiger charge is 2.15. The van der Waals surface area contributed by atoms with E-state index in [4.69, 9.17) is 0 Å². The van der Waals surface area contributed by atoms with Gasteiger partial charge in [0.2, 0.25) is 0 Å². The molecule has 0 aliphatic carbocycles. The fourth-order valence-corrected chi connectivity index (χ4v) is 7.40. The molecule has 0 amide bonds. The van der Waals surface area contributed by atoms with Crippen molar-refractivity contribution in [3.63, 3.8) is 0 Å². The molecule has 0 radical (unpaired) electrons. The highest BCUT2D eigenvalue weighted by atomic mass is 79.9. The second-order valence-corrected chi connectivity index (χ2v) is 13.7. The van der Waals surface area contributed by atoms with E-state index in [1.165, 1.54) is 60.9 Å². The fraction of sp³-hybridized carbons (Fsp3) is 0. The topological polar surface area (TPSA) is 8.17 Å². The summed E-state index contributed by atoms with van der Waals surface area (Å²) >= 11 is 3.55. The van der Waals surface area contributed by atoms with Gasteiger partial charge in [-0.05, 0) is 112 Å². The van der Waals surface area contributed by atoms with Crippen molar-refractivity contribution >= 4 is 54.8 Å². The molecule has 0 N–H and O–H groups in total. The van der Waals surface area contributed by atoms with E-state index in [0.717, 1.165) is 21.5 Å². The van der Waals surface area contributed by atoms with Crippen LogP contribution < -0.4 is 4.90 Å². The van der Waals surface area contributed by atoms with Crippen LogP contribution in [0, 0.1) is 0 Å². The van der Waals surface area contributed by atoms with E-state index >= 15 is 0 Å². The average molecular weight is 718 g/mol. The lowest BCUT2D eigenvalue weighted by molar-refractivity contribution is 1.18. The van der Waals surface area contributed by atoms with Gasteiger partial charge < -0.3 is 9.47 Å². The lowest BCUT2D eigenvalue weighted by Crippen LogP contribution is -2.09. The van der Waals surface area contributed by atoms with E-state index < -0.39 is 0 Å². The molecule has 0 bridgehead atoms. The molecule has 0 fully saturated rings. The Bertz CT molecular complexity index is 2590. The van der Waals surface area contributed by atoms with Gasteiger partial charge in [-0.25, -0.2) is 0 Å². The van der Waals surface area contributed by atoms with E-state index in [1.807, 2.05) is 0 Å². The smallest absolute Gasteiger partial charge is 0.0541 e. The van der Waals surface area contributed by atoms with Gasteiger partial charge in [-0.1, -0.05) is 137 Å². The van der Waals surface area contributed by atoms with Crippen LogP contribution in [0.5, 0.6) is 0 Å². The van der Waals surface area contributed by atoms with Crippen LogP contribution in [0.4, 0.5) is 17.1 Å². The molecule has 0 spiro atoms. The summed E-state index contributed by atoms with van der Waals surface area (Å²) in [5.41, 5.74) is 14.1. The Labute approximate surface area is 306 Å². The molecule has 0 aliphatic heterocycles. The van der Waals surface area contributed by atoms with Gasteiger partial charge in [-0.15, -0.1) is 0 Å². The third kappa shape index (κ3) is 5.92. The number of benzene rings is 8. The first-order valence-electron chi connectivity index (χ1n) is 17.2. The molecule has 9 aromatic rings. The lowest BCUT2D eigenvalue weighted by Gasteiger charge is -2.26. The number of para-hydroxylation sites is 3. The molecule has 3 heteroatoms. The molecule has 8 aromatic carbocycles. The van der Waals surface area contributed by atoms with Crippen molar-refractivity contribution in [2.45, 2.75) is 0 Å². The van der Waals surface area contributed by atoms with Crippen molar-refractivity contribution in [1.82, 2.24) is 4.57 Å². The van der Waals surface area contributed by atoms with Crippen molar-refractivity contribution in [2.75, 3.05) is 4.90 Å². The Balaban J connectivity index is 1.01. The van der Waals surface area contributed by atoms with E-state index in [-0.39, 0.29) is 0 Å². The predicted octanol–water partition coefficient (Wildman–Crippen LogP) is 14.0. The number of rotatable bonds is 7. The van der Waals surface area contributed by atoms with E-state index in [1.54, 1.807) is 0 Å².